The van der Waals surface area contributed by atoms with Crippen molar-refractivity contribution >= 4 is 5.78 Å². The molecular formula is C20H22N2O5. The second-order valence-electron chi connectivity index (χ2n) is 6.39. The van der Waals surface area contributed by atoms with Gasteiger partial charge in [0.05, 0.1) is 31.2 Å². The Morgan fingerprint density at radius 3 is 2.63 bits per heavy atom. The zero-order chi connectivity index (χ0) is 19.4. The number of aryl methyl sites for hydroxylation is 1. The number of aliphatic hydroxyl groups excluding tert-OH is 1. The van der Waals surface area contributed by atoms with E-state index in [2.05, 4.69) is 0 Å². The number of benzene rings is 1. The van der Waals surface area contributed by atoms with Crippen LogP contribution in [0.15, 0.2) is 58.1 Å². The average Bonchev–Trinajstić information content (AvgIpc) is 3.24. The van der Waals surface area contributed by atoms with Crippen molar-refractivity contribution in [2.75, 3.05) is 6.61 Å². The number of ether oxygens (including phenoxy) is 1. The van der Waals surface area contributed by atoms with Gasteiger partial charge in [0.2, 0.25) is 0 Å². The number of Topliss-reactive ketones (excluding diaryl/α,β-unsaturated/α-hetero) is 1. The first-order chi connectivity index (χ1) is 13.0. The molecule has 2 heterocycles. The van der Waals surface area contributed by atoms with E-state index in [1.165, 1.54) is 11.5 Å². The fourth-order valence-electron chi connectivity index (χ4n) is 2.88. The monoisotopic (exact) mass is 370 g/mol. The summed E-state index contributed by atoms with van der Waals surface area (Å²) in [5.41, 5.74) is 1.74. The number of carbonyl (C=O) groups is 1. The van der Waals surface area contributed by atoms with Crippen molar-refractivity contribution < 1.29 is 19.1 Å². The molecule has 0 bridgehead atoms. The van der Waals surface area contributed by atoms with Crippen LogP contribution in [0.3, 0.4) is 0 Å². The summed E-state index contributed by atoms with van der Waals surface area (Å²) >= 11 is 0. The van der Waals surface area contributed by atoms with Crippen molar-refractivity contribution in [3.8, 4) is 5.69 Å². The van der Waals surface area contributed by atoms with E-state index in [1.54, 1.807) is 53.4 Å². The van der Waals surface area contributed by atoms with Crippen LogP contribution >= 0.6 is 0 Å². The molecule has 3 rings (SSSR count). The van der Waals surface area contributed by atoms with Crippen LogP contribution in [0.5, 0.6) is 0 Å². The van der Waals surface area contributed by atoms with Gasteiger partial charge in [-0.3, -0.25) is 13.9 Å². The highest BCUT2D eigenvalue weighted by molar-refractivity contribution is 5.94. The summed E-state index contributed by atoms with van der Waals surface area (Å²) in [4.78, 5) is 24.1. The van der Waals surface area contributed by atoms with Gasteiger partial charge in [-0.1, -0.05) is 0 Å². The highest BCUT2D eigenvalue weighted by Gasteiger charge is 2.14. The number of aromatic nitrogens is 2. The lowest BCUT2D eigenvalue weighted by Gasteiger charge is -2.11. The van der Waals surface area contributed by atoms with Crippen molar-refractivity contribution in [3.63, 3.8) is 0 Å². The van der Waals surface area contributed by atoms with Gasteiger partial charge in [0.25, 0.3) is 0 Å². The third kappa shape index (κ3) is 4.45. The molecule has 142 valence electrons. The average molecular weight is 370 g/mol. The minimum absolute atomic E-state index is 0.0270. The molecule has 1 aromatic carbocycles. The highest BCUT2D eigenvalue weighted by Crippen LogP contribution is 2.12. The molecule has 0 saturated carbocycles. The molecule has 7 heteroatoms. The van der Waals surface area contributed by atoms with Crippen LogP contribution in [-0.4, -0.2) is 32.7 Å². The van der Waals surface area contributed by atoms with Gasteiger partial charge in [-0.15, -0.1) is 0 Å². The Bertz CT molecular complexity index is 951. The fraction of sp³-hybridized carbons (Fsp3) is 0.300. The molecular weight excluding hydrogens is 348 g/mol. The first kappa shape index (κ1) is 18.9. The van der Waals surface area contributed by atoms with E-state index in [0.29, 0.717) is 17.0 Å². The lowest BCUT2D eigenvalue weighted by Crippen LogP contribution is -2.30. The topological polar surface area (TPSA) is 86.6 Å². The number of imidazole rings is 1. The first-order valence-electron chi connectivity index (χ1n) is 8.64. The second kappa shape index (κ2) is 8.20. The van der Waals surface area contributed by atoms with Gasteiger partial charge in [-0.25, -0.2) is 4.79 Å². The van der Waals surface area contributed by atoms with Gasteiger partial charge in [0, 0.05) is 17.5 Å². The summed E-state index contributed by atoms with van der Waals surface area (Å²) in [6.45, 7) is 3.79. The Hall–Kier alpha value is -2.90. The number of hydrogen-bond donors (Lipinski definition) is 1. The molecule has 1 atom stereocenters. The summed E-state index contributed by atoms with van der Waals surface area (Å²) in [5, 5.41) is 10.2. The molecule has 0 aliphatic rings. The van der Waals surface area contributed by atoms with Gasteiger partial charge < -0.3 is 14.3 Å². The Labute approximate surface area is 156 Å². The highest BCUT2D eigenvalue weighted by atomic mass is 16.5. The SMILES string of the molecule is CC(=O)c1ccc(-n2c(C)cn(CC(O)COCc3ccco3)c2=O)cc1. The van der Waals surface area contributed by atoms with Crippen molar-refractivity contribution in [2.24, 2.45) is 0 Å². The fourth-order valence-corrected chi connectivity index (χ4v) is 2.88. The predicted molar refractivity (Wildman–Crippen MR) is 99.1 cm³/mol. The number of aliphatic hydroxyl groups is 1. The lowest BCUT2D eigenvalue weighted by atomic mass is 10.1. The van der Waals surface area contributed by atoms with Crippen molar-refractivity contribution in [1.29, 1.82) is 0 Å². The molecule has 0 fully saturated rings. The molecule has 0 aliphatic carbocycles. The van der Waals surface area contributed by atoms with Crippen LogP contribution in [0.4, 0.5) is 0 Å². The molecule has 0 aliphatic heterocycles. The largest absolute Gasteiger partial charge is 0.467 e. The molecule has 1 N–H and O–H groups in total. The van der Waals surface area contributed by atoms with Crippen molar-refractivity contribution in [3.05, 3.63) is 76.4 Å². The minimum Gasteiger partial charge on any atom is -0.467 e. The summed E-state index contributed by atoms with van der Waals surface area (Å²) in [6, 6.07) is 10.4. The van der Waals surface area contributed by atoms with E-state index in [4.69, 9.17) is 9.15 Å². The maximum absolute atomic E-state index is 12.7. The number of rotatable bonds is 8. The smallest absolute Gasteiger partial charge is 0.333 e. The van der Waals surface area contributed by atoms with Gasteiger partial charge in [-0.2, -0.15) is 0 Å². The van der Waals surface area contributed by atoms with E-state index in [0.717, 1.165) is 5.69 Å². The van der Waals surface area contributed by atoms with E-state index in [9.17, 15) is 14.7 Å². The number of nitrogens with zero attached hydrogens (tertiary/aromatic N) is 2. The van der Waals surface area contributed by atoms with Crippen molar-refractivity contribution in [2.45, 2.75) is 33.1 Å². The number of furan rings is 1. The molecule has 2 aromatic heterocycles. The maximum Gasteiger partial charge on any atom is 0.333 e. The van der Waals surface area contributed by atoms with Crippen LogP contribution in [0, 0.1) is 6.92 Å². The third-order valence-corrected chi connectivity index (χ3v) is 4.21. The number of carbonyl (C=O) groups excluding carboxylic acids is 1. The second-order valence-corrected chi connectivity index (χ2v) is 6.39. The van der Waals surface area contributed by atoms with Gasteiger partial charge in [-0.05, 0) is 50.2 Å². The normalized spacial score (nSPS) is 12.3. The van der Waals surface area contributed by atoms with E-state index < -0.39 is 6.10 Å². The van der Waals surface area contributed by atoms with Gasteiger partial charge in [0.15, 0.2) is 5.78 Å². The Morgan fingerprint density at radius 1 is 1.26 bits per heavy atom. The molecule has 0 amide bonds. The molecule has 27 heavy (non-hydrogen) atoms. The molecule has 0 radical (unpaired) electrons. The Kier molecular flexibility index (Phi) is 5.73. The Balaban J connectivity index is 1.67. The summed E-state index contributed by atoms with van der Waals surface area (Å²) in [5.74, 6) is 0.649. The molecule has 0 saturated heterocycles. The lowest BCUT2D eigenvalue weighted by molar-refractivity contribution is 0.0142. The molecule has 0 spiro atoms. The molecule has 1 unspecified atom stereocenters. The summed E-state index contributed by atoms with van der Waals surface area (Å²) in [7, 11) is 0. The van der Waals surface area contributed by atoms with E-state index >= 15 is 0 Å². The van der Waals surface area contributed by atoms with Crippen LogP contribution in [0.2, 0.25) is 0 Å². The van der Waals surface area contributed by atoms with Gasteiger partial charge in [0.1, 0.15) is 12.4 Å². The predicted octanol–water partition coefficient (Wildman–Crippen LogP) is 2.32. The van der Waals surface area contributed by atoms with Crippen LogP contribution in [-0.2, 0) is 17.9 Å². The molecule has 7 nitrogen and oxygen atoms in total. The Morgan fingerprint density at radius 2 is 2.00 bits per heavy atom. The number of ketones is 1. The quantitative estimate of drug-likeness (QED) is 0.615. The van der Waals surface area contributed by atoms with E-state index in [1.807, 2.05) is 6.92 Å². The third-order valence-electron chi connectivity index (χ3n) is 4.21. The van der Waals surface area contributed by atoms with E-state index in [-0.39, 0.29) is 31.2 Å². The van der Waals surface area contributed by atoms with Crippen LogP contribution in [0.1, 0.15) is 28.7 Å². The minimum atomic E-state index is -0.826. The molecule has 3 aromatic rings. The number of hydrogen-bond acceptors (Lipinski definition) is 5. The summed E-state index contributed by atoms with van der Waals surface area (Å²) < 4.78 is 13.6. The zero-order valence-electron chi connectivity index (χ0n) is 15.3. The zero-order valence-corrected chi connectivity index (χ0v) is 15.3. The van der Waals surface area contributed by atoms with Crippen LogP contribution in [0.25, 0.3) is 5.69 Å². The maximum atomic E-state index is 12.7. The van der Waals surface area contributed by atoms with Crippen molar-refractivity contribution in [1.82, 2.24) is 9.13 Å². The first-order valence-corrected chi connectivity index (χ1v) is 8.64. The summed E-state index contributed by atoms with van der Waals surface area (Å²) in [6.07, 6.45) is 2.42. The standard InChI is InChI=1S/C20H22N2O5/c1-14-10-21(11-18(24)12-26-13-19-4-3-9-27-19)20(25)22(14)17-7-5-16(6-8-17)15(2)23/h3-10,18,24H,11-13H2,1-2H3. The van der Waals surface area contributed by atoms with Gasteiger partial charge >= 0.3 is 5.69 Å². The van der Waals surface area contributed by atoms with Crippen LogP contribution < -0.4 is 5.69 Å².